The summed E-state index contributed by atoms with van der Waals surface area (Å²) in [5.74, 6) is 0.267. The Bertz CT molecular complexity index is 68.9. The molecule has 8 heavy (non-hydrogen) atoms. The van der Waals surface area contributed by atoms with Crippen LogP contribution in [0.5, 0.6) is 0 Å². The van der Waals surface area contributed by atoms with E-state index in [9.17, 15) is 0 Å². The second kappa shape index (κ2) is 2.74. The first-order valence-corrected chi connectivity index (χ1v) is 4.49. The topological polar surface area (TPSA) is 66.5 Å². The average Bonchev–Trinajstić information content (AvgIpc) is 1.21. The van der Waals surface area contributed by atoms with Gasteiger partial charge in [0.15, 0.2) is 0 Å². The predicted octanol–water partition coefficient (Wildman–Crippen LogP) is 0.348. The highest BCUT2D eigenvalue weighted by atomic mass is 31.2. The molecule has 4 heteroatoms. The van der Waals surface area contributed by atoms with Crippen LogP contribution in [0.4, 0.5) is 0 Å². The zero-order valence-electron chi connectivity index (χ0n) is 5.20. The van der Waals surface area contributed by atoms with E-state index < -0.39 is 7.87 Å². The fourth-order valence-electron chi connectivity index (χ4n) is 0.537. The van der Waals surface area contributed by atoms with Crippen LogP contribution in [-0.2, 0) is 0 Å². The first kappa shape index (κ1) is 8.31. The van der Waals surface area contributed by atoms with E-state index in [1.165, 1.54) is 0 Å². The van der Waals surface area contributed by atoms with Crippen molar-refractivity contribution in [3.8, 4) is 0 Å². The van der Waals surface area contributed by atoms with Crippen molar-refractivity contribution in [3.63, 3.8) is 0 Å². The van der Waals surface area contributed by atoms with Crippen molar-refractivity contribution in [2.24, 2.45) is 11.4 Å². The van der Waals surface area contributed by atoms with Crippen molar-refractivity contribution < 1.29 is 9.79 Å². The van der Waals surface area contributed by atoms with Gasteiger partial charge in [0.05, 0.1) is 0 Å². The molecule has 0 saturated carbocycles. The van der Waals surface area contributed by atoms with Crippen LogP contribution in [0.1, 0.15) is 13.8 Å². The van der Waals surface area contributed by atoms with Crippen LogP contribution in [0.25, 0.3) is 0 Å². The molecule has 0 heterocycles. The third-order valence-corrected chi connectivity index (χ3v) is 1.90. The van der Waals surface area contributed by atoms with Crippen molar-refractivity contribution in [1.82, 2.24) is 0 Å². The zero-order valence-corrected chi connectivity index (χ0v) is 6.10. The normalized spacial score (nSPS) is 12.8. The Morgan fingerprint density at radius 2 is 1.88 bits per heavy atom. The Balaban J connectivity index is 3.39. The standard InChI is InChI=1S/C4H13NO2P/c1-4(2)3-8(5,6)7/h4,6-7H,3,5H2,1-2H3/q+1. The fraction of sp³-hybridized carbons (Fsp3) is 1.00. The van der Waals surface area contributed by atoms with Gasteiger partial charge >= 0.3 is 7.87 Å². The number of hydrogen-bond acceptors (Lipinski definition) is 3. The van der Waals surface area contributed by atoms with Crippen LogP contribution < -0.4 is 5.50 Å². The number of nitrogens with two attached hydrogens (primary N) is 1. The Hall–Kier alpha value is 0.310. The quantitative estimate of drug-likeness (QED) is 0.482. The van der Waals surface area contributed by atoms with E-state index in [1.54, 1.807) is 0 Å². The van der Waals surface area contributed by atoms with Crippen LogP contribution in [0.15, 0.2) is 0 Å². The van der Waals surface area contributed by atoms with Gasteiger partial charge in [-0.1, -0.05) is 13.8 Å². The van der Waals surface area contributed by atoms with E-state index in [0.717, 1.165) is 0 Å². The third kappa shape index (κ3) is 6.31. The van der Waals surface area contributed by atoms with Gasteiger partial charge in [0.25, 0.3) is 0 Å². The van der Waals surface area contributed by atoms with E-state index in [4.69, 9.17) is 15.3 Å². The van der Waals surface area contributed by atoms with Crippen molar-refractivity contribution >= 4 is 7.87 Å². The lowest BCUT2D eigenvalue weighted by Crippen LogP contribution is -2.10. The van der Waals surface area contributed by atoms with Crippen molar-refractivity contribution in [1.29, 1.82) is 0 Å². The minimum atomic E-state index is -2.97. The van der Waals surface area contributed by atoms with E-state index in [0.29, 0.717) is 6.16 Å². The first-order valence-electron chi connectivity index (χ1n) is 2.54. The summed E-state index contributed by atoms with van der Waals surface area (Å²) in [5, 5.41) is 0. The summed E-state index contributed by atoms with van der Waals surface area (Å²) in [6, 6.07) is 0. The SMILES string of the molecule is CC(C)C[P+](N)(O)O. The van der Waals surface area contributed by atoms with Gasteiger partial charge in [-0.15, -0.1) is 0 Å². The van der Waals surface area contributed by atoms with E-state index in [1.807, 2.05) is 13.8 Å². The summed E-state index contributed by atoms with van der Waals surface area (Å²) in [4.78, 5) is 17.3. The van der Waals surface area contributed by atoms with Gasteiger partial charge in [-0.3, -0.25) is 0 Å². The van der Waals surface area contributed by atoms with E-state index in [-0.39, 0.29) is 5.92 Å². The minimum Gasteiger partial charge on any atom is -0.202 e. The summed E-state index contributed by atoms with van der Waals surface area (Å²) in [5.41, 5.74) is 4.96. The number of rotatable bonds is 2. The summed E-state index contributed by atoms with van der Waals surface area (Å²) in [6.07, 6.45) is 0.326. The molecule has 0 aliphatic rings. The lowest BCUT2D eigenvalue weighted by atomic mass is 10.3. The van der Waals surface area contributed by atoms with Crippen LogP contribution in [-0.4, -0.2) is 15.9 Å². The van der Waals surface area contributed by atoms with Crippen LogP contribution in [0.3, 0.4) is 0 Å². The fourth-order valence-corrected chi connectivity index (χ4v) is 1.61. The average molecular weight is 138 g/mol. The molecule has 0 aromatic carbocycles. The maximum atomic E-state index is 8.63. The van der Waals surface area contributed by atoms with Gasteiger partial charge < -0.3 is 0 Å². The van der Waals surface area contributed by atoms with Gasteiger partial charge in [0, 0.05) is 0 Å². The minimum absolute atomic E-state index is 0.267. The highest BCUT2D eigenvalue weighted by Gasteiger charge is 2.27. The molecule has 50 valence electrons. The molecule has 0 aromatic rings. The highest BCUT2D eigenvalue weighted by molar-refractivity contribution is 7.62. The molecule has 4 N–H and O–H groups in total. The van der Waals surface area contributed by atoms with Crippen LogP contribution in [0, 0.1) is 5.92 Å². The lowest BCUT2D eigenvalue weighted by molar-refractivity contribution is 0.440. The molecular weight excluding hydrogens is 125 g/mol. The molecule has 0 aliphatic carbocycles. The Morgan fingerprint density at radius 3 is 1.88 bits per heavy atom. The molecule has 0 bridgehead atoms. The maximum Gasteiger partial charge on any atom is 0.337 e. The van der Waals surface area contributed by atoms with E-state index >= 15 is 0 Å². The lowest BCUT2D eigenvalue weighted by Gasteiger charge is -2.06. The van der Waals surface area contributed by atoms with Gasteiger partial charge in [0.1, 0.15) is 6.16 Å². The zero-order chi connectivity index (χ0) is 6.78. The summed E-state index contributed by atoms with van der Waals surface area (Å²) in [7, 11) is -2.97. The Kier molecular flexibility index (Phi) is 2.84. The highest BCUT2D eigenvalue weighted by Crippen LogP contribution is 2.41. The second-order valence-corrected chi connectivity index (χ2v) is 4.30. The van der Waals surface area contributed by atoms with Gasteiger partial charge in [-0.25, -0.2) is 9.79 Å². The first-order chi connectivity index (χ1) is 3.42. The van der Waals surface area contributed by atoms with Gasteiger partial charge in [-0.05, 0) is 5.92 Å². The molecule has 0 aromatic heterocycles. The molecule has 0 saturated heterocycles. The smallest absolute Gasteiger partial charge is 0.202 e. The van der Waals surface area contributed by atoms with Crippen LogP contribution in [0.2, 0.25) is 0 Å². The molecular formula is C4H13NO2P+. The molecule has 0 spiro atoms. The van der Waals surface area contributed by atoms with Crippen LogP contribution >= 0.6 is 7.87 Å². The Labute approximate surface area is 50.1 Å². The largest absolute Gasteiger partial charge is 0.337 e. The summed E-state index contributed by atoms with van der Waals surface area (Å²) < 4.78 is 0. The molecule has 0 unspecified atom stereocenters. The van der Waals surface area contributed by atoms with E-state index in [2.05, 4.69) is 0 Å². The molecule has 3 nitrogen and oxygen atoms in total. The third-order valence-electron chi connectivity index (χ3n) is 0.634. The molecule has 0 fully saturated rings. The molecule has 0 atom stereocenters. The van der Waals surface area contributed by atoms with Gasteiger partial charge in [0.2, 0.25) is 0 Å². The summed E-state index contributed by atoms with van der Waals surface area (Å²) in [6.45, 7) is 3.79. The monoisotopic (exact) mass is 138 g/mol. The van der Waals surface area contributed by atoms with Crippen molar-refractivity contribution in [2.45, 2.75) is 13.8 Å². The maximum absolute atomic E-state index is 8.63. The molecule has 0 aliphatic heterocycles. The molecule has 0 rings (SSSR count). The van der Waals surface area contributed by atoms with Crippen molar-refractivity contribution in [3.05, 3.63) is 0 Å². The molecule has 0 radical (unpaired) electrons. The second-order valence-electron chi connectivity index (χ2n) is 2.36. The predicted molar refractivity (Wildman–Crippen MR) is 35.2 cm³/mol. The van der Waals surface area contributed by atoms with Gasteiger partial charge in [-0.2, -0.15) is 5.50 Å². The van der Waals surface area contributed by atoms with Crippen molar-refractivity contribution in [2.75, 3.05) is 6.16 Å². The summed E-state index contributed by atoms with van der Waals surface area (Å²) >= 11 is 0. The molecule has 0 amide bonds. The Morgan fingerprint density at radius 1 is 1.50 bits per heavy atom. The number of hydrogen-bond donors (Lipinski definition) is 3.